The van der Waals surface area contributed by atoms with E-state index in [1.54, 1.807) is 0 Å². The Balaban J connectivity index is 0.000000659. The standard InChI is InChI=1S/C12H18N2.2C2H6/c1-3-11-5-7-14(9-11)12-8-10(2)4-6-13-12;2*1-2/h4,6,8,11H,3,5,7,9H2,1-2H3;2*1-2H3. The first-order valence-corrected chi connectivity index (χ1v) is 7.47. The maximum Gasteiger partial charge on any atom is 0.128 e. The molecule has 0 saturated carbocycles. The highest BCUT2D eigenvalue weighted by atomic mass is 15.2. The number of anilines is 1. The van der Waals surface area contributed by atoms with E-state index in [9.17, 15) is 0 Å². The maximum atomic E-state index is 4.42. The number of aryl methyl sites for hydroxylation is 1. The molecule has 0 spiro atoms. The molecule has 104 valence electrons. The normalized spacial score (nSPS) is 17.4. The molecule has 0 aliphatic carbocycles. The number of rotatable bonds is 2. The molecule has 1 unspecified atom stereocenters. The third-order valence-electron chi connectivity index (χ3n) is 3.09. The van der Waals surface area contributed by atoms with E-state index in [0.717, 1.165) is 11.7 Å². The van der Waals surface area contributed by atoms with Gasteiger partial charge < -0.3 is 4.90 Å². The van der Waals surface area contributed by atoms with Crippen molar-refractivity contribution >= 4 is 5.82 Å². The summed E-state index contributed by atoms with van der Waals surface area (Å²) in [6, 6.07) is 4.23. The van der Waals surface area contributed by atoms with Gasteiger partial charge in [-0.3, -0.25) is 0 Å². The Morgan fingerprint density at radius 2 is 1.94 bits per heavy atom. The molecule has 1 saturated heterocycles. The fraction of sp³-hybridized carbons (Fsp3) is 0.688. The van der Waals surface area contributed by atoms with Crippen molar-refractivity contribution in [3.05, 3.63) is 23.9 Å². The minimum Gasteiger partial charge on any atom is -0.356 e. The molecular weight excluding hydrogens is 220 g/mol. The van der Waals surface area contributed by atoms with E-state index >= 15 is 0 Å². The van der Waals surface area contributed by atoms with Gasteiger partial charge in [0.05, 0.1) is 0 Å². The molecule has 0 bridgehead atoms. The Kier molecular flexibility index (Phi) is 9.35. The molecule has 2 heteroatoms. The van der Waals surface area contributed by atoms with Gasteiger partial charge in [-0.15, -0.1) is 0 Å². The fourth-order valence-electron chi connectivity index (χ4n) is 2.07. The van der Waals surface area contributed by atoms with Crippen LogP contribution in [0.5, 0.6) is 0 Å². The predicted octanol–water partition coefficient (Wildman–Crippen LogP) is 4.68. The van der Waals surface area contributed by atoms with Gasteiger partial charge in [0.2, 0.25) is 0 Å². The van der Waals surface area contributed by atoms with E-state index in [0.29, 0.717) is 0 Å². The highest BCUT2D eigenvalue weighted by Gasteiger charge is 2.21. The van der Waals surface area contributed by atoms with Crippen LogP contribution in [-0.2, 0) is 0 Å². The Hall–Kier alpha value is -1.05. The van der Waals surface area contributed by atoms with Crippen LogP contribution in [0.25, 0.3) is 0 Å². The summed E-state index contributed by atoms with van der Waals surface area (Å²) in [6.45, 7) is 14.8. The summed E-state index contributed by atoms with van der Waals surface area (Å²) >= 11 is 0. The first kappa shape index (κ1) is 16.9. The molecule has 18 heavy (non-hydrogen) atoms. The molecule has 1 aliphatic rings. The van der Waals surface area contributed by atoms with Crippen molar-refractivity contribution in [2.24, 2.45) is 5.92 Å². The smallest absolute Gasteiger partial charge is 0.128 e. The molecule has 1 aliphatic heterocycles. The monoisotopic (exact) mass is 250 g/mol. The van der Waals surface area contributed by atoms with E-state index in [4.69, 9.17) is 0 Å². The molecule has 0 aromatic carbocycles. The van der Waals surface area contributed by atoms with Crippen molar-refractivity contribution in [3.63, 3.8) is 0 Å². The molecule has 2 rings (SSSR count). The third kappa shape index (κ3) is 5.07. The quantitative estimate of drug-likeness (QED) is 0.757. The number of hydrogen-bond donors (Lipinski definition) is 0. The second-order valence-electron chi connectivity index (χ2n) is 4.20. The van der Waals surface area contributed by atoms with Gasteiger partial charge in [0.15, 0.2) is 0 Å². The van der Waals surface area contributed by atoms with Crippen molar-refractivity contribution in [1.29, 1.82) is 0 Å². The summed E-state index contributed by atoms with van der Waals surface area (Å²) in [7, 11) is 0. The summed E-state index contributed by atoms with van der Waals surface area (Å²) in [5.41, 5.74) is 1.30. The number of hydrogen-bond acceptors (Lipinski definition) is 2. The predicted molar refractivity (Wildman–Crippen MR) is 82.3 cm³/mol. The van der Waals surface area contributed by atoms with Crippen LogP contribution in [-0.4, -0.2) is 18.1 Å². The van der Waals surface area contributed by atoms with Crippen LogP contribution in [0.2, 0.25) is 0 Å². The first-order valence-electron chi connectivity index (χ1n) is 7.47. The molecule has 2 heterocycles. The van der Waals surface area contributed by atoms with Crippen LogP contribution < -0.4 is 4.90 Å². The molecule has 0 radical (unpaired) electrons. The minimum absolute atomic E-state index is 0.873. The second kappa shape index (κ2) is 9.93. The Bertz CT molecular complexity index is 310. The minimum atomic E-state index is 0.873. The summed E-state index contributed by atoms with van der Waals surface area (Å²) < 4.78 is 0. The molecule has 1 atom stereocenters. The second-order valence-corrected chi connectivity index (χ2v) is 4.20. The molecule has 1 aromatic heterocycles. The van der Waals surface area contributed by atoms with Gasteiger partial charge in [0, 0.05) is 19.3 Å². The summed E-state index contributed by atoms with van der Waals surface area (Å²) in [4.78, 5) is 6.82. The van der Waals surface area contributed by atoms with E-state index in [-0.39, 0.29) is 0 Å². The summed E-state index contributed by atoms with van der Waals surface area (Å²) in [5, 5.41) is 0. The van der Waals surface area contributed by atoms with Crippen LogP contribution in [0.15, 0.2) is 18.3 Å². The largest absolute Gasteiger partial charge is 0.356 e. The van der Waals surface area contributed by atoms with Gasteiger partial charge in [-0.05, 0) is 37.0 Å². The zero-order chi connectivity index (χ0) is 14.0. The van der Waals surface area contributed by atoms with E-state index in [2.05, 4.69) is 35.9 Å². The van der Waals surface area contributed by atoms with Gasteiger partial charge in [0.25, 0.3) is 0 Å². The van der Waals surface area contributed by atoms with Crippen LogP contribution >= 0.6 is 0 Å². The van der Waals surface area contributed by atoms with Crippen molar-refractivity contribution in [3.8, 4) is 0 Å². The summed E-state index contributed by atoms with van der Waals surface area (Å²) in [5.74, 6) is 2.03. The van der Waals surface area contributed by atoms with E-state index < -0.39 is 0 Å². The van der Waals surface area contributed by atoms with Gasteiger partial charge >= 0.3 is 0 Å². The Morgan fingerprint density at radius 1 is 1.28 bits per heavy atom. The lowest BCUT2D eigenvalue weighted by Gasteiger charge is -2.17. The lowest BCUT2D eigenvalue weighted by molar-refractivity contribution is 0.568. The van der Waals surface area contributed by atoms with Gasteiger partial charge in [-0.2, -0.15) is 0 Å². The topological polar surface area (TPSA) is 16.1 Å². The van der Waals surface area contributed by atoms with Crippen molar-refractivity contribution in [1.82, 2.24) is 4.98 Å². The highest BCUT2D eigenvalue weighted by molar-refractivity contribution is 5.41. The van der Waals surface area contributed by atoms with Crippen molar-refractivity contribution in [2.75, 3.05) is 18.0 Å². The summed E-state index contributed by atoms with van der Waals surface area (Å²) in [6.07, 6.45) is 4.53. The van der Waals surface area contributed by atoms with Crippen LogP contribution in [0.3, 0.4) is 0 Å². The Morgan fingerprint density at radius 3 is 2.44 bits per heavy atom. The van der Waals surface area contributed by atoms with Gasteiger partial charge in [-0.1, -0.05) is 41.0 Å². The van der Waals surface area contributed by atoms with Crippen LogP contribution in [0.4, 0.5) is 5.82 Å². The van der Waals surface area contributed by atoms with Gasteiger partial charge in [0.1, 0.15) is 5.82 Å². The Labute approximate surface area is 113 Å². The van der Waals surface area contributed by atoms with E-state index in [1.807, 2.05) is 33.9 Å². The number of pyridine rings is 1. The molecule has 0 amide bonds. The lowest BCUT2D eigenvalue weighted by atomic mass is 10.1. The molecular formula is C16H30N2. The number of aromatic nitrogens is 1. The molecule has 2 nitrogen and oxygen atoms in total. The number of nitrogens with zero attached hydrogens (tertiary/aromatic N) is 2. The zero-order valence-corrected chi connectivity index (χ0v) is 13.0. The molecule has 1 fully saturated rings. The average molecular weight is 250 g/mol. The van der Waals surface area contributed by atoms with Crippen LogP contribution in [0, 0.1) is 12.8 Å². The average Bonchev–Trinajstić information content (AvgIpc) is 2.92. The van der Waals surface area contributed by atoms with Gasteiger partial charge in [-0.25, -0.2) is 4.98 Å². The highest BCUT2D eigenvalue weighted by Crippen LogP contribution is 2.24. The fourth-order valence-corrected chi connectivity index (χ4v) is 2.07. The third-order valence-corrected chi connectivity index (χ3v) is 3.09. The van der Waals surface area contributed by atoms with Crippen molar-refractivity contribution < 1.29 is 0 Å². The van der Waals surface area contributed by atoms with Crippen LogP contribution in [0.1, 0.15) is 53.0 Å². The maximum absolute atomic E-state index is 4.42. The van der Waals surface area contributed by atoms with Crippen molar-refractivity contribution in [2.45, 2.75) is 54.4 Å². The first-order chi connectivity index (χ1) is 8.79. The SMILES string of the molecule is CC.CC.CCC1CCN(c2cc(C)ccn2)C1. The lowest BCUT2D eigenvalue weighted by Crippen LogP contribution is -2.20. The zero-order valence-electron chi connectivity index (χ0n) is 13.0. The van der Waals surface area contributed by atoms with E-state index in [1.165, 1.54) is 31.5 Å². The molecule has 1 aromatic rings. The molecule has 0 N–H and O–H groups in total.